The largest absolute Gasteiger partial charge is 0.319 e. The van der Waals surface area contributed by atoms with Crippen molar-refractivity contribution in [2.24, 2.45) is 12.0 Å². The fourth-order valence-electron chi connectivity index (χ4n) is 2.08. The maximum absolute atomic E-state index is 12.9. The van der Waals surface area contributed by atoms with Gasteiger partial charge in [0.15, 0.2) is 4.80 Å². The Morgan fingerprint density at radius 1 is 1.26 bits per heavy atom. The van der Waals surface area contributed by atoms with E-state index in [1.165, 1.54) is 47.7 Å². The zero-order chi connectivity index (χ0) is 16.6. The predicted molar refractivity (Wildman–Crippen MR) is 83.7 cm³/mol. The van der Waals surface area contributed by atoms with Gasteiger partial charge in [0.1, 0.15) is 5.82 Å². The van der Waals surface area contributed by atoms with E-state index in [1.807, 2.05) is 0 Å². The molecule has 3 aromatic rings. The Morgan fingerprint density at radius 2 is 1.96 bits per heavy atom. The van der Waals surface area contributed by atoms with Crippen LogP contribution in [0.1, 0.15) is 10.4 Å². The molecule has 1 heterocycles. The lowest BCUT2D eigenvalue weighted by atomic mass is 10.2. The number of carbonyl (C=O) groups is 1. The Labute approximate surface area is 133 Å². The van der Waals surface area contributed by atoms with E-state index >= 15 is 0 Å². The number of aryl methyl sites for hydroxylation is 1. The molecule has 0 saturated heterocycles. The lowest BCUT2D eigenvalue weighted by Gasteiger charge is -1.96. The van der Waals surface area contributed by atoms with Gasteiger partial charge in [0.2, 0.25) is 0 Å². The van der Waals surface area contributed by atoms with Crippen molar-refractivity contribution in [1.82, 2.24) is 4.57 Å². The zero-order valence-electron chi connectivity index (χ0n) is 11.9. The fourth-order valence-corrected chi connectivity index (χ4v) is 3.08. The number of non-ortho nitro benzene ring substituents is 1. The number of fused-ring (bicyclic) bond motifs is 1. The normalized spacial score (nSPS) is 11.8. The van der Waals surface area contributed by atoms with Gasteiger partial charge >= 0.3 is 0 Å². The van der Waals surface area contributed by atoms with Crippen molar-refractivity contribution in [1.29, 1.82) is 0 Å². The first-order valence-electron chi connectivity index (χ1n) is 6.54. The van der Waals surface area contributed by atoms with E-state index in [-0.39, 0.29) is 11.3 Å². The second kappa shape index (κ2) is 5.73. The number of hydrogen-bond donors (Lipinski definition) is 0. The number of amides is 1. The number of nitro groups is 1. The third-order valence-corrected chi connectivity index (χ3v) is 4.40. The molecule has 0 N–H and O–H groups in total. The van der Waals surface area contributed by atoms with Gasteiger partial charge < -0.3 is 4.57 Å². The van der Waals surface area contributed by atoms with Crippen LogP contribution >= 0.6 is 11.3 Å². The summed E-state index contributed by atoms with van der Waals surface area (Å²) >= 11 is 1.25. The minimum absolute atomic E-state index is 0.0256. The molecule has 116 valence electrons. The summed E-state index contributed by atoms with van der Waals surface area (Å²) in [6.45, 7) is 0. The first kappa shape index (κ1) is 15.0. The van der Waals surface area contributed by atoms with E-state index in [4.69, 9.17) is 0 Å². The predicted octanol–water partition coefficient (Wildman–Crippen LogP) is 3.03. The molecule has 6 nitrogen and oxygen atoms in total. The number of carbonyl (C=O) groups excluding carboxylic acids is 1. The van der Waals surface area contributed by atoms with Crippen LogP contribution in [0.4, 0.5) is 10.1 Å². The van der Waals surface area contributed by atoms with Gasteiger partial charge in [-0.05, 0) is 30.3 Å². The van der Waals surface area contributed by atoms with E-state index in [2.05, 4.69) is 4.99 Å². The lowest BCUT2D eigenvalue weighted by Crippen LogP contribution is -2.13. The van der Waals surface area contributed by atoms with Crippen LogP contribution in [-0.2, 0) is 7.05 Å². The number of nitro benzene ring substituents is 1. The second-order valence-electron chi connectivity index (χ2n) is 4.78. The summed E-state index contributed by atoms with van der Waals surface area (Å²) in [5.74, 6) is -0.928. The summed E-state index contributed by atoms with van der Waals surface area (Å²) in [4.78, 5) is 26.9. The Bertz CT molecular complexity index is 989. The molecule has 0 unspecified atom stereocenters. The number of aromatic nitrogens is 1. The molecule has 2 aromatic carbocycles. The number of thiazole rings is 1. The van der Waals surface area contributed by atoms with Crippen LogP contribution in [0, 0.1) is 15.9 Å². The lowest BCUT2D eigenvalue weighted by molar-refractivity contribution is -0.384. The topological polar surface area (TPSA) is 77.5 Å². The van der Waals surface area contributed by atoms with Crippen LogP contribution in [0.5, 0.6) is 0 Å². The summed E-state index contributed by atoms with van der Waals surface area (Å²) in [6.07, 6.45) is 0. The Kier molecular flexibility index (Phi) is 3.75. The van der Waals surface area contributed by atoms with Crippen LogP contribution in [0.2, 0.25) is 0 Å². The average Bonchev–Trinajstić information content (AvgIpc) is 2.83. The maximum Gasteiger partial charge on any atom is 0.279 e. The molecule has 23 heavy (non-hydrogen) atoms. The molecular weight excluding hydrogens is 321 g/mol. The number of halogens is 1. The van der Waals surface area contributed by atoms with Gasteiger partial charge in [-0.3, -0.25) is 14.9 Å². The van der Waals surface area contributed by atoms with Crippen LogP contribution in [-0.4, -0.2) is 15.4 Å². The monoisotopic (exact) mass is 331 g/mol. The summed E-state index contributed by atoms with van der Waals surface area (Å²) in [5.41, 5.74) is 0.868. The first-order valence-corrected chi connectivity index (χ1v) is 7.36. The van der Waals surface area contributed by atoms with Crippen molar-refractivity contribution in [3.63, 3.8) is 0 Å². The van der Waals surface area contributed by atoms with E-state index in [9.17, 15) is 19.3 Å². The highest BCUT2D eigenvalue weighted by molar-refractivity contribution is 7.16. The second-order valence-corrected chi connectivity index (χ2v) is 5.79. The third kappa shape index (κ3) is 2.88. The molecule has 0 atom stereocenters. The fraction of sp³-hybridized carbons (Fsp3) is 0.0667. The van der Waals surface area contributed by atoms with Crippen molar-refractivity contribution >= 4 is 33.1 Å². The Morgan fingerprint density at radius 3 is 2.61 bits per heavy atom. The van der Waals surface area contributed by atoms with Gasteiger partial charge in [-0.15, -0.1) is 0 Å². The van der Waals surface area contributed by atoms with Gasteiger partial charge in [-0.2, -0.15) is 4.99 Å². The van der Waals surface area contributed by atoms with E-state index in [0.29, 0.717) is 10.3 Å². The molecule has 0 bridgehead atoms. The molecule has 0 aliphatic rings. The van der Waals surface area contributed by atoms with Crippen LogP contribution in [0.15, 0.2) is 47.5 Å². The van der Waals surface area contributed by atoms with Crippen LogP contribution < -0.4 is 4.80 Å². The van der Waals surface area contributed by atoms with Crippen molar-refractivity contribution in [3.8, 4) is 0 Å². The molecule has 1 aromatic heterocycles. The SMILES string of the molecule is Cn1c(=NC(=O)c2ccc(F)cc2)sc2ccc([N+](=O)[O-])cc21. The van der Waals surface area contributed by atoms with Gasteiger partial charge in [0, 0.05) is 24.7 Å². The van der Waals surface area contributed by atoms with Crippen LogP contribution in [0.3, 0.4) is 0 Å². The molecular formula is C15H10FN3O3S. The number of nitrogens with zero attached hydrogens (tertiary/aromatic N) is 3. The number of benzene rings is 2. The molecule has 0 fully saturated rings. The van der Waals surface area contributed by atoms with Gasteiger partial charge in [0.05, 0.1) is 15.1 Å². The van der Waals surface area contributed by atoms with Crippen molar-refractivity contribution in [2.45, 2.75) is 0 Å². The molecule has 3 rings (SSSR count). The average molecular weight is 331 g/mol. The van der Waals surface area contributed by atoms with Crippen molar-refractivity contribution in [2.75, 3.05) is 0 Å². The number of rotatable bonds is 2. The van der Waals surface area contributed by atoms with Gasteiger partial charge in [0.25, 0.3) is 11.6 Å². The third-order valence-electron chi connectivity index (χ3n) is 3.29. The zero-order valence-corrected chi connectivity index (χ0v) is 12.7. The quantitative estimate of drug-likeness (QED) is 0.535. The van der Waals surface area contributed by atoms with E-state index in [1.54, 1.807) is 17.7 Å². The van der Waals surface area contributed by atoms with Gasteiger partial charge in [-0.1, -0.05) is 11.3 Å². The van der Waals surface area contributed by atoms with E-state index < -0.39 is 16.6 Å². The summed E-state index contributed by atoms with van der Waals surface area (Å²) in [5, 5.41) is 10.8. The van der Waals surface area contributed by atoms with Crippen molar-refractivity contribution in [3.05, 3.63) is 68.8 Å². The Hall–Kier alpha value is -2.87. The standard InChI is InChI=1S/C15H10FN3O3S/c1-18-12-8-11(19(21)22)6-7-13(12)23-15(18)17-14(20)9-2-4-10(16)5-3-9/h2-8H,1H3. The molecule has 0 saturated carbocycles. The molecule has 1 amide bonds. The molecule has 0 aliphatic carbocycles. The van der Waals surface area contributed by atoms with Crippen molar-refractivity contribution < 1.29 is 14.1 Å². The minimum Gasteiger partial charge on any atom is -0.319 e. The molecule has 0 radical (unpaired) electrons. The van der Waals surface area contributed by atoms with E-state index in [0.717, 1.165) is 4.70 Å². The molecule has 0 aliphatic heterocycles. The summed E-state index contributed by atoms with van der Waals surface area (Å²) in [7, 11) is 1.68. The van der Waals surface area contributed by atoms with Crippen LogP contribution in [0.25, 0.3) is 10.2 Å². The first-order chi connectivity index (χ1) is 11.0. The number of hydrogen-bond acceptors (Lipinski definition) is 4. The molecule has 8 heteroatoms. The minimum atomic E-state index is -0.498. The highest BCUT2D eigenvalue weighted by Gasteiger charge is 2.11. The summed E-state index contributed by atoms with van der Waals surface area (Å²) < 4.78 is 15.3. The Balaban J connectivity index is 2.08. The summed E-state index contributed by atoms with van der Waals surface area (Å²) in [6, 6.07) is 9.57. The highest BCUT2D eigenvalue weighted by Crippen LogP contribution is 2.22. The smallest absolute Gasteiger partial charge is 0.279 e. The highest BCUT2D eigenvalue weighted by atomic mass is 32.1. The molecule has 0 spiro atoms. The van der Waals surface area contributed by atoms with Gasteiger partial charge in [-0.25, -0.2) is 4.39 Å². The maximum atomic E-state index is 12.9.